The van der Waals surface area contributed by atoms with Crippen LogP contribution in [0.4, 0.5) is 0 Å². The number of nitrogens with zero attached hydrogens (tertiary/aromatic N) is 1. The zero-order valence-corrected chi connectivity index (χ0v) is 13.6. The second kappa shape index (κ2) is 6.47. The maximum absolute atomic E-state index is 12.8. The Bertz CT molecular complexity index is 573. The first-order valence-corrected chi connectivity index (χ1v) is 9.40. The molecule has 2 N–H and O–H groups in total. The highest BCUT2D eigenvalue weighted by atomic mass is 32.2. The van der Waals surface area contributed by atoms with Crippen LogP contribution < -0.4 is 5.73 Å². The van der Waals surface area contributed by atoms with E-state index in [0.29, 0.717) is 29.8 Å². The minimum absolute atomic E-state index is 0.364. The van der Waals surface area contributed by atoms with Crippen LogP contribution in [0.5, 0.6) is 0 Å². The van der Waals surface area contributed by atoms with Gasteiger partial charge in [0.05, 0.1) is 4.90 Å². The van der Waals surface area contributed by atoms with E-state index in [1.807, 2.05) is 24.8 Å². The van der Waals surface area contributed by atoms with Crippen LogP contribution in [0.3, 0.4) is 0 Å². The van der Waals surface area contributed by atoms with Gasteiger partial charge in [-0.15, -0.1) is 0 Å². The average Bonchev–Trinajstić information content (AvgIpc) is 2.47. The first kappa shape index (κ1) is 15.8. The summed E-state index contributed by atoms with van der Waals surface area (Å²) in [5.74, 6) is 0.868. The second-order valence-corrected chi connectivity index (χ2v) is 8.32. The molecule has 1 heterocycles. The van der Waals surface area contributed by atoms with Crippen molar-refractivity contribution in [1.82, 2.24) is 4.31 Å². The van der Waals surface area contributed by atoms with Crippen LogP contribution >= 0.6 is 11.8 Å². The quantitative estimate of drug-likeness (QED) is 0.923. The molecule has 1 aliphatic rings. The minimum atomic E-state index is -3.40. The standard InChI is InChI=1S/C14H22N2O2S2/c1-3-13-10-16(7-8-19-13)20(17,18)14-6-4-5-12(9-15)11(14)2/h4-6,13H,3,7-10,15H2,1-2H3. The van der Waals surface area contributed by atoms with Crippen molar-refractivity contribution in [2.45, 2.75) is 37.0 Å². The summed E-state index contributed by atoms with van der Waals surface area (Å²) in [5, 5.41) is 0.400. The molecule has 0 spiro atoms. The van der Waals surface area contributed by atoms with Crippen LogP contribution in [0.25, 0.3) is 0 Å². The molecule has 0 saturated carbocycles. The van der Waals surface area contributed by atoms with Crippen LogP contribution in [0, 0.1) is 6.92 Å². The van der Waals surface area contributed by atoms with Gasteiger partial charge in [0.15, 0.2) is 0 Å². The lowest BCUT2D eigenvalue weighted by Crippen LogP contribution is -2.41. The summed E-state index contributed by atoms with van der Waals surface area (Å²) < 4.78 is 27.3. The lowest BCUT2D eigenvalue weighted by molar-refractivity contribution is 0.415. The maximum Gasteiger partial charge on any atom is 0.243 e. The summed E-state index contributed by atoms with van der Waals surface area (Å²) in [4.78, 5) is 0.405. The van der Waals surface area contributed by atoms with Gasteiger partial charge in [0, 0.05) is 30.6 Å². The van der Waals surface area contributed by atoms with E-state index in [0.717, 1.165) is 23.3 Å². The zero-order chi connectivity index (χ0) is 14.8. The van der Waals surface area contributed by atoms with E-state index in [1.165, 1.54) is 0 Å². The average molecular weight is 314 g/mol. The smallest absolute Gasteiger partial charge is 0.243 e. The molecule has 1 atom stereocenters. The first-order valence-electron chi connectivity index (χ1n) is 6.91. The number of rotatable bonds is 4. The predicted molar refractivity (Wildman–Crippen MR) is 84.4 cm³/mol. The van der Waals surface area contributed by atoms with Crippen molar-refractivity contribution in [3.8, 4) is 0 Å². The van der Waals surface area contributed by atoms with E-state index in [-0.39, 0.29) is 0 Å². The van der Waals surface area contributed by atoms with Gasteiger partial charge in [0.25, 0.3) is 0 Å². The summed E-state index contributed by atoms with van der Waals surface area (Å²) in [7, 11) is -3.40. The van der Waals surface area contributed by atoms with Gasteiger partial charge in [0.2, 0.25) is 10.0 Å². The Balaban J connectivity index is 2.35. The third kappa shape index (κ3) is 3.03. The molecule has 20 heavy (non-hydrogen) atoms. The maximum atomic E-state index is 12.8. The first-order chi connectivity index (χ1) is 9.50. The third-order valence-electron chi connectivity index (χ3n) is 3.79. The summed E-state index contributed by atoms with van der Waals surface area (Å²) >= 11 is 1.86. The molecule has 6 heteroatoms. The van der Waals surface area contributed by atoms with Crippen molar-refractivity contribution < 1.29 is 8.42 Å². The fourth-order valence-electron chi connectivity index (χ4n) is 2.46. The van der Waals surface area contributed by atoms with E-state index >= 15 is 0 Å². The van der Waals surface area contributed by atoms with Crippen LogP contribution in [-0.4, -0.2) is 36.8 Å². The highest BCUT2D eigenvalue weighted by Gasteiger charge is 2.31. The molecule has 1 aromatic carbocycles. The van der Waals surface area contributed by atoms with Crippen LogP contribution in [0.15, 0.2) is 23.1 Å². The summed E-state index contributed by atoms with van der Waals surface area (Å²) in [5.41, 5.74) is 7.35. The van der Waals surface area contributed by atoms with E-state index in [4.69, 9.17) is 5.73 Å². The SMILES string of the molecule is CCC1CN(S(=O)(=O)c2cccc(CN)c2C)CCS1. The lowest BCUT2D eigenvalue weighted by atomic mass is 10.1. The van der Waals surface area contributed by atoms with Crippen molar-refractivity contribution in [1.29, 1.82) is 0 Å². The molecule has 0 aliphatic carbocycles. The van der Waals surface area contributed by atoms with Gasteiger partial charge < -0.3 is 5.73 Å². The highest BCUT2D eigenvalue weighted by molar-refractivity contribution is 8.00. The topological polar surface area (TPSA) is 63.4 Å². The summed E-state index contributed by atoms with van der Waals surface area (Å²) in [6, 6.07) is 5.35. The zero-order valence-electron chi connectivity index (χ0n) is 12.0. The Hall–Kier alpha value is -0.560. The van der Waals surface area contributed by atoms with Crippen LogP contribution in [-0.2, 0) is 16.6 Å². The van der Waals surface area contributed by atoms with Crippen molar-refractivity contribution >= 4 is 21.8 Å². The van der Waals surface area contributed by atoms with E-state index < -0.39 is 10.0 Å². The van der Waals surface area contributed by atoms with Gasteiger partial charge in [-0.1, -0.05) is 19.1 Å². The molecule has 0 aromatic heterocycles. The van der Waals surface area contributed by atoms with E-state index in [2.05, 4.69) is 6.92 Å². The molecule has 112 valence electrons. The second-order valence-electron chi connectivity index (χ2n) is 5.01. The van der Waals surface area contributed by atoms with E-state index in [1.54, 1.807) is 16.4 Å². The van der Waals surface area contributed by atoms with Crippen molar-refractivity contribution in [3.05, 3.63) is 29.3 Å². The molecule has 4 nitrogen and oxygen atoms in total. The Labute approximate surface area is 125 Å². The van der Waals surface area contributed by atoms with Gasteiger partial charge in [0.1, 0.15) is 0 Å². The summed E-state index contributed by atoms with van der Waals surface area (Å²) in [6.45, 7) is 5.51. The van der Waals surface area contributed by atoms with Gasteiger partial charge in [-0.3, -0.25) is 0 Å². The fraction of sp³-hybridized carbons (Fsp3) is 0.571. The Morgan fingerprint density at radius 2 is 2.20 bits per heavy atom. The van der Waals surface area contributed by atoms with Crippen molar-refractivity contribution in [2.24, 2.45) is 5.73 Å². The molecule has 1 saturated heterocycles. The molecule has 0 radical (unpaired) electrons. The predicted octanol–water partition coefficient (Wildman–Crippen LogP) is 1.97. The third-order valence-corrected chi connectivity index (χ3v) is 7.17. The van der Waals surface area contributed by atoms with Gasteiger partial charge in [-0.2, -0.15) is 16.1 Å². The largest absolute Gasteiger partial charge is 0.326 e. The summed E-state index contributed by atoms with van der Waals surface area (Å²) in [6.07, 6.45) is 0.999. The number of benzene rings is 1. The normalized spacial score (nSPS) is 21.1. The van der Waals surface area contributed by atoms with Crippen LogP contribution in [0.2, 0.25) is 0 Å². The number of thioether (sulfide) groups is 1. The molecular formula is C14H22N2O2S2. The molecule has 1 fully saturated rings. The number of hydrogen-bond donors (Lipinski definition) is 1. The number of sulfonamides is 1. The highest BCUT2D eigenvalue weighted by Crippen LogP contribution is 2.28. The van der Waals surface area contributed by atoms with Crippen molar-refractivity contribution in [3.63, 3.8) is 0 Å². The fourth-order valence-corrected chi connectivity index (χ4v) is 5.60. The van der Waals surface area contributed by atoms with Gasteiger partial charge >= 0.3 is 0 Å². The molecule has 1 aromatic rings. The Morgan fingerprint density at radius 3 is 2.85 bits per heavy atom. The number of nitrogens with two attached hydrogens (primary N) is 1. The Morgan fingerprint density at radius 1 is 1.45 bits per heavy atom. The molecule has 0 bridgehead atoms. The van der Waals surface area contributed by atoms with E-state index in [9.17, 15) is 8.42 Å². The molecule has 1 aliphatic heterocycles. The van der Waals surface area contributed by atoms with Gasteiger partial charge in [-0.05, 0) is 30.5 Å². The molecule has 0 amide bonds. The van der Waals surface area contributed by atoms with Crippen LogP contribution in [0.1, 0.15) is 24.5 Å². The monoisotopic (exact) mass is 314 g/mol. The molecule has 2 rings (SSSR count). The lowest BCUT2D eigenvalue weighted by Gasteiger charge is -2.31. The van der Waals surface area contributed by atoms with Crippen molar-refractivity contribution in [2.75, 3.05) is 18.8 Å². The van der Waals surface area contributed by atoms with Gasteiger partial charge in [-0.25, -0.2) is 8.42 Å². The molecular weight excluding hydrogens is 292 g/mol. The minimum Gasteiger partial charge on any atom is -0.326 e. The number of hydrogen-bond acceptors (Lipinski definition) is 4. The Kier molecular flexibility index (Phi) is 5.12. The molecule has 1 unspecified atom stereocenters.